The summed E-state index contributed by atoms with van der Waals surface area (Å²) < 4.78 is 32.4. The average Bonchev–Trinajstić information content (AvgIpc) is 2.38. The summed E-state index contributed by atoms with van der Waals surface area (Å²) in [6.07, 6.45) is 0. The summed E-state index contributed by atoms with van der Waals surface area (Å²) in [6, 6.07) is 8.35. The lowest BCUT2D eigenvalue weighted by molar-refractivity contribution is 0.415. The van der Waals surface area contributed by atoms with E-state index in [-0.39, 0.29) is 5.56 Å². The Bertz CT molecular complexity index is 599. The van der Waals surface area contributed by atoms with Crippen molar-refractivity contribution in [3.63, 3.8) is 0 Å². The normalized spacial score (nSPS) is 12.1. The van der Waals surface area contributed by atoms with Gasteiger partial charge in [0, 0.05) is 11.3 Å². The maximum atomic E-state index is 13.7. The fourth-order valence-corrected chi connectivity index (χ4v) is 2.26. The molecule has 0 saturated carbocycles. The quantitative estimate of drug-likeness (QED) is 0.875. The molecule has 0 aliphatic heterocycles. The fraction of sp³-hybridized carbons (Fsp3) is 0.200. The maximum absolute atomic E-state index is 13.7. The van der Waals surface area contributed by atoms with Gasteiger partial charge in [-0.25, -0.2) is 8.78 Å². The second kappa shape index (κ2) is 6.09. The Kier molecular flexibility index (Phi) is 4.45. The van der Waals surface area contributed by atoms with Crippen molar-refractivity contribution in [1.82, 2.24) is 0 Å². The molecule has 106 valence electrons. The van der Waals surface area contributed by atoms with Gasteiger partial charge in [0.05, 0.1) is 18.2 Å². The number of anilines is 1. The van der Waals surface area contributed by atoms with Crippen molar-refractivity contribution in [2.75, 3.05) is 12.4 Å². The highest BCUT2D eigenvalue weighted by Crippen LogP contribution is 2.30. The van der Waals surface area contributed by atoms with E-state index >= 15 is 0 Å². The predicted octanol–water partition coefficient (Wildman–Crippen LogP) is 4.80. The second-order valence-corrected chi connectivity index (χ2v) is 4.76. The highest BCUT2D eigenvalue weighted by molar-refractivity contribution is 6.32. The number of nitrogens with one attached hydrogen (secondary N) is 1. The van der Waals surface area contributed by atoms with E-state index in [1.165, 1.54) is 25.3 Å². The smallest absolute Gasteiger partial charge is 0.137 e. The molecule has 0 radical (unpaired) electrons. The summed E-state index contributed by atoms with van der Waals surface area (Å²) in [5, 5.41) is 3.44. The van der Waals surface area contributed by atoms with Gasteiger partial charge < -0.3 is 10.1 Å². The van der Waals surface area contributed by atoms with Crippen LogP contribution >= 0.6 is 11.6 Å². The zero-order valence-electron chi connectivity index (χ0n) is 11.1. The maximum Gasteiger partial charge on any atom is 0.137 e. The predicted molar refractivity (Wildman–Crippen MR) is 76.4 cm³/mol. The molecular weight excluding hydrogens is 284 g/mol. The first-order chi connectivity index (χ1) is 9.52. The number of ether oxygens (including phenoxy) is 1. The van der Waals surface area contributed by atoms with Crippen LogP contribution in [0.5, 0.6) is 5.75 Å². The Balaban J connectivity index is 2.23. The number of rotatable bonds is 4. The van der Waals surface area contributed by atoms with Crippen molar-refractivity contribution >= 4 is 17.3 Å². The molecule has 1 N–H and O–H groups in total. The lowest BCUT2D eigenvalue weighted by Crippen LogP contribution is -2.10. The molecule has 0 aliphatic rings. The van der Waals surface area contributed by atoms with Gasteiger partial charge >= 0.3 is 0 Å². The minimum atomic E-state index is -0.579. The van der Waals surface area contributed by atoms with Crippen LogP contribution in [0.1, 0.15) is 18.5 Å². The van der Waals surface area contributed by atoms with E-state index in [0.717, 1.165) is 0 Å². The van der Waals surface area contributed by atoms with Crippen molar-refractivity contribution in [2.24, 2.45) is 0 Å². The van der Waals surface area contributed by atoms with Gasteiger partial charge in [-0.15, -0.1) is 0 Å². The molecule has 2 aromatic carbocycles. The molecule has 5 heteroatoms. The van der Waals surface area contributed by atoms with E-state index in [1.54, 1.807) is 25.1 Å². The number of halogens is 3. The van der Waals surface area contributed by atoms with Crippen LogP contribution in [0.25, 0.3) is 0 Å². The number of methoxy groups -OCH3 is 1. The number of hydrogen-bond acceptors (Lipinski definition) is 2. The summed E-state index contributed by atoms with van der Waals surface area (Å²) in [5.74, 6) is -0.615. The topological polar surface area (TPSA) is 21.3 Å². The largest absolute Gasteiger partial charge is 0.495 e. The van der Waals surface area contributed by atoms with Crippen molar-refractivity contribution in [1.29, 1.82) is 0 Å². The zero-order valence-corrected chi connectivity index (χ0v) is 11.8. The molecule has 0 amide bonds. The second-order valence-electron chi connectivity index (χ2n) is 4.35. The van der Waals surface area contributed by atoms with Crippen molar-refractivity contribution in [3.8, 4) is 5.75 Å². The fourth-order valence-electron chi connectivity index (χ4n) is 2.00. The van der Waals surface area contributed by atoms with Gasteiger partial charge in [0.1, 0.15) is 17.4 Å². The van der Waals surface area contributed by atoms with Crippen LogP contribution in [-0.4, -0.2) is 7.11 Å². The van der Waals surface area contributed by atoms with Crippen LogP contribution < -0.4 is 10.1 Å². The standard InChI is InChI=1S/C15H14ClF2NO/c1-9(15-12(17)4-3-5-13(15)18)19-10-6-7-14(20-2)11(16)8-10/h3-9,19H,1-2H3. The monoisotopic (exact) mass is 297 g/mol. The third-order valence-corrected chi connectivity index (χ3v) is 3.26. The molecule has 0 bridgehead atoms. The van der Waals surface area contributed by atoms with Crippen molar-refractivity contribution < 1.29 is 13.5 Å². The van der Waals surface area contributed by atoms with Crippen LogP contribution in [-0.2, 0) is 0 Å². The summed E-state index contributed by atoms with van der Waals surface area (Å²) in [5.41, 5.74) is 0.658. The van der Waals surface area contributed by atoms with Crippen LogP contribution in [0.2, 0.25) is 5.02 Å². The zero-order chi connectivity index (χ0) is 14.7. The van der Waals surface area contributed by atoms with E-state index in [0.29, 0.717) is 16.5 Å². The van der Waals surface area contributed by atoms with Crippen LogP contribution in [0, 0.1) is 11.6 Å². The molecule has 0 aromatic heterocycles. The average molecular weight is 298 g/mol. The molecule has 0 spiro atoms. The molecule has 0 fully saturated rings. The lowest BCUT2D eigenvalue weighted by atomic mass is 10.1. The van der Waals surface area contributed by atoms with E-state index in [1.807, 2.05) is 0 Å². The summed E-state index contributed by atoms with van der Waals surface area (Å²) in [7, 11) is 1.52. The van der Waals surface area contributed by atoms with Gasteiger partial charge in [0.2, 0.25) is 0 Å². The molecule has 1 atom stereocenters. The summed E-state index contributed by atoms with van der Waals surface area (Å²) >= 11 is 6.01. The molecule has 0 saturated heterocycles. The first kappa shape index (κ1) is 14.6. The van der Waals surface area contributed by atoms with Crippen molar-refractivity contribution in [3.05, 3.63) is 58.6 Å². The van der Waals surface area contributed by atoms with Gasteiger partial charge in [-0.2, -0.15) is 0 Å². The minimum absolute atomic E-state index is 0.000518. The summed E-state index contributed by atoms with van der Waals surface area (Å²) in [6.45, 7) is 1.68. The Hall–Kier alpha value is -1.81. The molecular formula is C15H14ClF2NO. The van der Waals surface area contributed by atoms with Gasteiger partial charge in [0.15, 0.2) is 0 Å². The first-order valence-corrected chi connectivity index (χ1v) is 6.44. The third kappa shape index (κ3) is 3.02. The van der Waals surface area contributed by atoms with Gasteiger partial charge in [0.25, 0.3) is 0 Å². The molecule has 1 unspecified atom stereocenters. The number of hydrogen-bond donors (Lipinski definition) is 1. The van der Waals surface area contributed by atoms with Gasteiger partial charge in [-0.05, 0) is 37.3 Å². The van der Waals surface area contributed by atoms with Crippen molar-refractivity contribution in [2.45, 2.75) is 13.0 Å². The van der Waals surface area contributed by atoms with Gasteiger partial charge in [-0.1, -0.05) is 17.7 Å². The lowest BCUT2D eigenvalue weighted by Gasteiger charge is -2.17. The van der Waals surface area contributed by atoms with Crippen LogP contribution in [0.3, 0.4) is 0 Å². The SMILES string of the molecule is COc1ccc(NC(C)c2c(F)cccc2F)cc1Cl. The molecule has 2 nitrogen and oxygen atoms in total. The van der Waals surface area contributed by atoms with Crippen LogP contribution in [0.4, 0.5) is 14.5 Å². The number of benzene rings is 2. The highest BCUT2D eigenvalue weighted by atomic mass is 35.5. The van der Waals surface area contributed by atoms with Crippen LogP contribution in [0.15, 0.2) is 36.4 Å². The van der Waals surface area contributed by atoms with E-state index < -0.39 is 17.7 Å². The van der Waals surface area contributed by atoms with E-state index in [2.05, 4.69) is 5.32 Å². The third-order valence-electron chi connectivity index (χ3n) is 2.97. The molecule has 0 aliphatic carbocycles. The first-order valence-electron chi connectivity index (χ1n) is 6.07. The summed E-state index contributed by atoms with van der Waals surface area (Å²) in [4.78, 5) is 0. The molecule has 20 heavy (non-hydrogen) atoms. The minimum Gasteiger partial charge on any atom is -0.495 e. The van der Waals surface area contributed by atoms with Gasteiger partial charge in [-0.3, -0.25) is 0 Å². The Morgan fingerprint density at radius 3 is 2.35 bits per heavy atom. The van der Waals surface area contributed by atoms with E-state index in [9.17, 15) is 8.78 Å². The Labute approximate surface area is 121 Å². The molecule has 2 aromatic rings. The van der Waals surface area contributed by atoms with E-state index in [4.69, 9.17) is 16.3 Å². The highest BCUT2D eigenvalue weighted by Gasteiger charge is 2.16. The Morgan fingerprint density at radius 2 is 1.80 bits per heavy atom. The molecule has 0 heterocycles. The molecule has 2 rings (SSSR count). The Morgan fingerprint density at radius 1 is 1.15 bits per heavy atom.